The van der Waals surface area contributed by atoms with E-state index in [-0.39, 0.29) is 5.56 Å². The molecule has 4 rings (SSSR count). The maximum atomic E-state index is 12.6. The molecule has 1 N–H and O–H groups in total. The maximum Gasteiger partial charge on any atom is 0.349 e. The van der Waals surface area contributed by atoms with Crippen molar-refractivity contribution < 1.29 is 9.21 Å². The summed E-state index contributed by atoms with van der Waals surface area (Å²) >= 11 is 16.7. The molecule has 28 heavy (non-hydrogen) atoms. The lowest BCUT2D eigenvalue weighted by atomic mass is 10.2. The highest BCUT2D eigenvalue weighted by molar-refractivity contribution is 9.10. The highest BCUT2D eigenvalue weighted by atomic mass is 79.9. The first-order valence-corrected chi connectivity index (χ1v) is 10.3. The van der Waals surface area contributed by atoms with E-state index in [9.17, 15) is 9.59 Å². The van der Waals surface area contributed by atoms with Crippen LogP contribution in [0.15, 0.2) is 61.5 Å². The SMILES string of the molecule is O=C(Nc1nc(-c2ccc(Cl)cc2Cl)cs1)c1cc2cc(Br)ccc2oc1=O. The minimum absolute atomic E-state index is 0.105. The number of halogens is 3. The van der Waals surface area contributed by atoms with Gasteiger partial charge in [-0.05, 0) is 42.5 Å². The molecule has 9 heteroatoms. The Bertz CT molecular complexity index is 1290. The van der Waals surface area contributed by atoms with Crippen molar-refractivity contribution in [2.45, 2.75) is 0 Å². The van der Waals surface area contributed by atoms with Crippen molar-refractivity contribution in [2.75, 3.05) is 5.32 Å². The summed E-state index contributed by atoms with van der Waals surface area (Å²) < 4.78 is 6.03. The number of rotatable bonds is 3. The summed E-state index contributed by atoms with van der Waals surface area (Å²) in [5, 5.41) is 6.32. The second kappa shape index (κ2) is 7.67. The van der Waals surface area contributed by atoms with Crippen LogP contribution in [0.5, 0.6) is 0 Å². The van der Waals surface area contributed by atoms with E-state index in [1.165, 1.54) is 17.4 Å². The topological polar surface area (TPSA) is 72.2 Å². The van der Waals surface area contributed by atoms with Gasteiger partial charge in [0.2, 0.25) is 0 Å². The number of aromatic nitrogens is 1. The Balaban J connectivity index is 1.62. The van der Waals surface area contributed by atoms with Crippen molar-refractivity contribution in [2.24, 2.45) is 0 Å². The van der Waals surface area contributed by atoms with Gasteiger partial charge >= 0.3 is 5.63 Å². The van der Waals surface area contributed by atoms with Crippen molar-refractivity contribution in [1.82, 2.24) is 4.98 Å². The number of amides is 1. The molecule has 0 fully saturated rings. The third-order valence-electron chi connectivity index (χ3n) is 3.87. The van der Waals surface area contributed by atoms with Gasteiger partial charge in [0, 0.05) is 25.8 Å². The molecule has 5 nitrogen and oxygen atoms in total. The smallest absolute Gasteiger partial charge is 0.349 e. The quantitative estimate of drug-likeness (QED) is 0.341. The molecule has 0 unspecified atom stereocenters. The zero-order valence-electron chi connectivity index (χ0n) is 13.8. The van der Waals surface area contributed by atoms with E-state index in [1.807, 2.05) is 0 Å². The third-order valence-corrected chi connectivity index (χ3v) is 5.67. The second-order valence-electron chi connectivity index (χ2n) is 5.75. The average molecular weight is 496 g/mol. The standard InChI is InChI=1S/C19H9BrCl2N2O3S/c20-10-1-4-16-9(5-10)6-13(18(26)27-16)17(25)24-19-23-15(8-28-19)12-3-2-11(21)7-14(12)22/h1-8H,(H,23,24,25). The van der Waals surface area contributed by atoms with E-state index in [1.54, 1.807) is 41.8 Å². The highest BCUT2D eigenvalue weighted by Crippen LogP contribution is 2.32. The second-order valence-corrected chi connectivity index (χ2v) is 8.36. The molecular formula is C19H9BrCl2N2O3S. The molecule has 140 valence electrons. The summed E-state index contributed by atoms with van der Waals surface area (Å²) in [6, 6.07) is 11.7. The third kappa shape index (κ3) is 3.84. The molecule has 0 spiro atoms. The van der Waals surface area contributed by atoms with Gasteiger partial charge in [0.25, 0.3) is 5.91 Å². The minimum atomic E-state index is -0.718. The molecule has 0 aliphatic heterocycles. The first kappa shape index (κ1) is 19.1. The van der Waals surface area contributed by atoms with Crippen molar-refractivity contribution in [1.29, 1.82) is 0 Å². The summed E-state index contributed by atoms with van der Waals surface area (Å²) in [5.41, 5.74) is 0.865. The van der Waals surface area contributed by atoms with E-state index in [4.69, 9.17) is 27.6 Å². The molecule has 1 amide bonds. The van der Waals surface area contributed by atoms with Crippen LogP contribution in [-0.2, 0) is 0 Å². The molecule has 2 heterocycles. The lowest BCUT2D eigenvalue weighted by Gasteiger charge is -2.03. The Morgan fingerprint density at radius 2 is 1.96 bits per heavy atom. The van der Waals surface area contributed by atoms with Crippen LogP contribution in [0.3, 0.4) is 0 Å². The van der Waals surface area contributed by atoms with E-state index in [0.29, 0.717) is 37.4 Å². The number of nitrogens with zero attached hydrogens (tertiary/aromatic N) is 1. The van der Waals surface area contributed by atoms with Crippen LogP contribution < -0.4 is 10.9 Å². The molecule has 2 aromatic carbocycles. The fourth-order valence-corrected chi connectivity index (χ4v) is 4.16. The Morgan fingerprint density at radius 1 is 1.14 bits per heavy atom. The van der Waals surface area contributed by atoms with Crippen LogP contribution in [0.1, 0.15) is 10.4 Å². The van der Waals surface area contributed by atoms with Gasteiger partial charge in [-0.1, -0.05) is 39.1 Å². The lowest BCUT2D eigenvalue weighted by Crippen LogP contribution is -2.20. The van der Waals surface area contributed by atoms with Gasteiger partial charge in [-0.25, -0.2) is 9.78 Å². The van der Waals surface area contributed by atoms with Crippen molar-refractivity contribution in [3.05, 3.63) is 78.3 Å². The summed E-state index contributed by atoms with van der Waals surface area (Å²) in [7, 11) is 0. The molecule has 4 aromatic rings. The van der Waals surface area contributed by atoms with Crippen LogP contribution in [0, 0.1) is 0 Å². The Kier molecular flexibility index (Phi) is 5.25. The number of hydrogen-bond acceptors (Lipinski definition) is 5. The van der Waals surface area contributed by atoms with Gasteiger partial charge in [0.15, 0.2) is 5.13 Å². The van der Waals surface area contributed by atoms with Crippen LogP contribution in [0.2, 0.25) is 10.0 Å². The van der Waals surface area contributed by atoms with Crippen molar-refractivity contribution in [3.63, 3.8) is 0 Å². The zero-order valence-corrected chi connectivity index (χ0v) is 17.7. The predicted molar refractivity (Wildman–Crippen MR) is 116 cm³/mol. The van der Waals surface area contributed by atoms with E-state index in [2.05, 4.69) is 26.2 Å². The summed E-state index contributed by atoms with van der Waals surface area (Å²) in [6.07, 6.45) is 0. The summed E-state index contributed by atoms with van der Waals surface area (Å²) in [6.45, 7) is 0. The van der Waals surface area contributed by atoms with Crippen LogP contribution >= 0.6 is 50.5 Å². The highest BCUT2D eigenvalue weighted by Gasteiger charge is 2.16. The normalized spacial score (nSPS) is 11.0. The Morgan fingerprint density at radius 3 is 2.75 bits per heavy atom. The molecule has 0 saturated heterocycles. The molecule has 0 saturated carbocycles. The van der Waals surface area contributed by atoms with E-state index in [0.717, 1.165) is 4.47 Å². The van der Waals surface area contributed by atoms with Crippen molar-refractivity contribution in [3.8, 4) is 11.3 Å². The number of benzene rings is 2. The molecule has 0 radical (unpaired) electrons. The zero-order chi connectivity index (χ0) is 19.8. The summed E-state index contributed by atoms with van der Waals surface area (Å²) in [5.74, 6) is -0.598. The van der Waals surface area contributed by atoms with Crippen LogP contribution in [0.4, 0.5) is 5.13 Å². The first-order chi connectivity index (χ1) is 13.4. The Labute approximate surface area is 181 Å². The number of carbonyl (C=O) groups is 1. The number of hydrogen-bond donors (Lipinski definition) is 1. The molecule has 0 aliphatic carbocycles. The van der Waals surface area contributed by atoms with E-state index < -0.39 is 11.5 Å². The van der Waals surface area contributed by atoms with Gasteiger partial charge in [-0.15, -0.1) is 11.3 Å². The summed E-state index contributed by atoms with van der Waals surface area (Å²) in [4.78, 5) is 29.1. The van der Waals surface area contributed by atoms with Gasteiger partial charge in [-0.3, -0.25) is 10.1 Å². The molecule has 0 aliphatic rings. The lowest BCUT2D eigenvalue weighted by molar-refractivity contribution is 0.102. The first-order valence-electron chi connectivity index (χ1n) is 7.86. The van der Waals surface area contributed by atoms with Crippen LogP contribution in [-0.4, -0.2) is 10.9 Å². The maximum absolute atomic E-state index is 12.6. The number of carbonyl (C=O) groups excluding carboxylic acids is 1. The molecule has 0 bridgehead atoms. The fraction of sp³-hybridized carbons (Fsp3) is 0. The average Bonchev–Trinajstić information content (AvgIpc) is 3.09. The Hall–Kier alpha value is -2.19. The molecule has 0 atom stereocenters. The van der Waals surface area contributed by atoms with Crippen molar-refractivity contribution >= 4 is 72.5 Å². The minimum Gasteiger partial charge on any atom is -0.422 e. The van der Waals surface area contributed by atoms with Gasteiger partial charge in [0.1, 0.15) is 11.1 Å². The monoisotopic (exact) mass is 494 g/mol. The fourth-order valence-electron chi connectivity index (χ4n) is 2.57. The van der Waals surface area contributed by atoms with Crippen LogP contribution in [0.25, 0.3) is 22.2 Å². The molecular weight excluding hydrogens is 487 g/mol. The number of nitrogens with one attached hydrogen (secondary N) is 1. The van der Waals surface area contributed by atoms with Gasteiger partial charge in [-0.2, -0.15) is 0 Å². The number of fused-ring (bicyclic) bond motifs is 1. The van der Waals surface area contributed by atoms with Gasteiger partial charge in [0.05, 0.1) is 10.7 Å². The van der Waals surface area contributed by atoms with E-state index >= 15 is 0 Å². The number of thiazole rings is 1. The predicted octanol–water partition coefficient (Wildman–Crippen LogP) is 6.24. The largest absolute Gasteiger partial charge is 0.422 e. The molecule has 2 aromatic heterocycles. The van der Waals surface area contributed by atoms with Gasteiger partial charge < -0.3 is 4.42 Å². The number of anilines is 1.